The lowest BCUT2D eigenvalue weighted by Crippen LogP contribution is -2.15. The van der Waals surface area contributed by atoms with Crippen LogP contribution in [0, 0.1) is 5.41 Å². The third kappa shape index (κ3) is 4.93. The number of hydrogen-bond acceptors (Lipinski definition) is 2. The molecular formula is C16H26N2O. The number of aryl methyl sites for hydroxylation is 1. The molecule has 0 fully saturated rings. The molecular weight excluding hydrogens is 236 g/mol. The van der Waals surface area contributed by atoms with E-state index in [1.807, 2.05) is 0 Å². The molecule has 0 radical (unpaired) electrons. The van der Waals surface area contributed by atoms with Gasteiger partial charge in [-0.25, -0.2) is 0 Å². The minimum Gasteiger partial charge on any atom is -0.493 e. The molecule has 0 aromatic heterocycles. The van der Waals surface area contributed by atoms with Crippen molar-refractivity contribution in [1.82, 2.24) is 0 Å². The van der Waals surface area contributed by atoms with Crippen LogP contribution in [0.4, 0.5) is 0 Å². The standard InChI is InChI=1S/C16H26N2O/c1-5-12-8-9-14(13(11-12)16(2,3)4)19-10-6-7-15(17)18/h8-9,11H,5-7,10H2,1-4H3,(H3,17,18). The van der Waals surface area contributed by atoms with Gasteiger partial charge in [0.1, 0.15) is 5.75 Å². The van der Waals surface area contributed by atoms with Crippen LogP contribution in [0.2, 0.25) is 0 Å². The second kappa shape index (κ2) is 6.60. The summed E-state index contributed by atoms with van der Waals surface area (Å²) in [6, 6.07) is 6.42. The Morgan fingerprint density at radius 2 is 2.00 bits per heavy atom. The number of hydrogen-bond donors (Lipinski definition) is 2. The summed E-state index contributed by atoms with van der Waals surface area (Å²) < 4.78 is 5.86. The lowest BCUT2D eigenvalue weighted by Gasteiger charge is -2.23. The van der Waals surface area contributed by atoms with Crippen molar-refractivity contribution >= 4 is 5.84 Å². The second-order valence-corrected chi connectivity index (χ2v) is 5.91. The van der Waals surface area contributed by atoms with Gasteiger partial charge in [0.15, 0.2) is 0 Å². The minimum absolute atomic E-state index is 0.0705. The molecule has 0 amide bonds. The highest BCUT2D eigenvalue weighted by molar-refractivity contribution is 5.76. The molecule has 0 unspecified atom stereocenters. The zero-order valence-corrected chi connectivity index (χ0v) is 12.5. The van der Waals surface area contributed by atoms with E-state index in [9.17, 15) is 0 Å². The zero-order valence-electron chi connectivity index (χ0n) is 12.5. The lowest BCUT2D eigenvalue weighted by atomic mass is 9.85. The Kier molecular flexibility index (Phi) is 5.40. The van der Waals surface area contributed by atoms with Gasteiger partial charge < -0.3 is 10.5 Å². The summed E-state index contributed by atoms with van der Waals surface area (Å²) in [5.74, 6) is 1.18. The third-order valence-corrected chi connectivity index (χ3v) is 3.11. The van der Waals surface area contributed by atoms with Gasteiger partial charge in [0, 0.05) is 6.42 Å². The van der Waals surface area contributed by atoms with Crippen LogP contribution in [0.3, 0.4) is 0 Å². The van der Waals surface area contributed by atoms with Gasteiger partial charge in [-0.1, -0.05) is 39.8 Å². The van der Waals surface area contributed by atoms with E-state index < -0.39 is 0 Å². The van der Waals surface area contributed by atoms with Crippen LogP contribution in [0.1, 0.15) is 51.7 Å². The Labute approximate surface area is 116 Å². The second-order valence-electron chi connectivity index (χ2n) is 5.91. The smallest absolute Gasteiger partial charge is 0.123 e. The van der Waals surface area contributed by atoms with E-state index in [2.05, 4.69) is 45.9 Å². The molecule has 0 atom stereocenters. The molecule has 1 aromatic rings. The van der Waals surface area contributed by atoms with Crippen molar-refractivity contribution in [2.45, 2.75) is 52.4 Å². The first-order valence-corrected chi connectivity index (χ1v) is 6.93. The average molecular weight is 262 g/mol. The normalized spacial score (nSPS) is 11.4. The molecule has 0 aliphatic rings. The van der Waals surface area contributed by atoms with Gasteiger partial charge in [-0.2, -0.15) is 0 Å². The van der Waals surface area contributed by atoms with E-state index >= 15 is 0 Å². The summed E-state index contributed by atoms with van der Waals surface area (Å²) in [5, 5.41) is 7.19. The van der Waals surface area contributed by atoms with Crippen LogP contribution in [0.5, 0.6) is 5.75 Å². The summed E-state index contributed by atoms with van der Waals surface area (Å²) in [6.45, 7) is 9.36. The van der Waals surface area contributed by atoms with E-state index in [1.54, 1.807) is 0 Å². The van der Waals surface area contributed by atoms with Crippen molar-refractivity contribution in [2.24, 2.45) is 5.73 Å². The highest BCUT2D eigenvalue weighted by Gasteiger charge is 2.19. The van der Waals surface area contributed by atoms with E-state index in [0.29, 0.717) is 13.0 Å². The molecule has 0 saturated carbocycles. The molecule has 19 heavy (non-hydrogen) atoms. The number of amidine groups is 1. The molecule has 1 rings (SSSR count). The van der Waals surface area contributed by atoms with Gasteiger partial charge >= 0.3 is 0 Å². The Bertz CT molecular complexity index is 433. The van der Waals surface area contributed by atoms with Gasteiger partial charge in [-0.05, 0) is 35.4 Å². The highest BCUT2D eigenvalue weighted by Crippen LogP contribution is 2.32. The molecule has 1 aromatic carbocycles. The van der Waals surface area contributed by atoms with E-state index in [-0.39, 0.29) is 11.3 Å². The van der Waals surface area contributed by atoms with E-state index in [0.717, 1.165) is 18.6 Å². The Morgan fingerprint density at radius 1 is 1.32 bits per heavy atom. The summed E-state index contributed by atoms with van der Waals surface area (Å²) in [5.41, 5.74) is 7.99. The predicted molar refractivity (Wildman–Crippen MR) is 81.2 cm³/mol. The third-order valence-electron chi connectivity index (χ3n) is 3.11. The molecule has 0 spiro atoms. The van der Waals surface area contributed by atoms with Crippen LogP contribution >= 0.6 is 0 Å². The van der Waals surface area contributed by atoms with Crippen molar-refractivity contribution in [3.63, 3.8) is 0 Å². The first-order chi connectivity index (χ1) is 8.84. The summed E-state index contributed by atoms with van der Waals surface area (Å²) >= 11 is 0. The Hall–Kier alpha value is -1.51. The van der Waals surface area contributed by atoms with Crippen LogP contribution in [-0.2, 0) is 11.8 Å². The van der Waals surface area contributed by atoms with Gasteiger partial charge in [0.25, 0.3) is 0 Å². The molecule has 3 heteroatoms. The average Bonchev–Trinajstić information content (AvgIpc) is 2.33. The maximum absolute atomic E-state index is 7.19. The number of rotatable bonds is 6. The fourth-order valence-corrected chi connectivity index (χ4v) is 1.95. The largest absolute Gasteiger partial charge is 0.493 e. The fraction of sp³-hybridized carbons (Fsp3) is 0.562. The van der Waals surface area contributed by atoms with Gasteiger partial charge in [-0.15, -0.1) is 0 Å². The minimum atomic E-state index is 0.0705. The molecule has 0 bridgehead atoms. The van der Waals surface area contributed by atoms with Gasteiger partial charge in [0.2, 0.25) is 0 Å². The van der Waals surface area contributed by atoms with Crippen LogP contribution in [0.15, 0.2) is 18.2 Å². The SMILES string of the molecule is CCc1ccc(OCCCC(=N)N)c(C(C)(C)C)c1. The topological polar surface area (TPSA) is 59.1 Å². The summed E-state index contributed by atoms with van der Waals surface area (Å²) in [7, 11) is 0. The van der Waals surface area contributed by atoms with Crippen molar-refractivity contribution in [1.29, 1.82) is 5.41 Å². The maximum atomic E-state index is 7.19. The summed E-state index contributed by atoms with van der Waals surface area (Å²) in [6.07, 6.45) is 2.42. The van der Waals surface area contributed by atoms with Crippen molar-refractivity contribution < 1.29 is 4.74 Å². The molecule has 0 aliphatic heterocycles. The van der Waals surface area contributed by atoms with Crippen molar-refractivity contribution in [3.8, 4) is 5.75 Å². The molecule has 3 N–H and O–H groups in total. The van der Waals surface area contributed by atoms with E-state index in [4.69, 9.17) is 15.9 Å². The monoisotopic (exact) mass is 262 g/mol. The quantitative estimate of drug-likeness (QED) is 0.467. The molecule has 3 nitrogen and oxygen atoms in total. The number of nitrogens with one attached hydrogen (secondary N) is 1. The van der Waals surface area contributed by atoms with Crippen molar-refractivity contribution in [3.05, 3.63) is 29.3 Å². The maximum Gasteiger partial charge on any atom is 0.123 e. The number of nitrogens with two attached hydrogens (primary N) is 1. The van der Waals surface area contributed by atoms with E-state index in [1.165, 1.54) is 11.1 Å². The number of benzene rings is 1. The fourth-order valence-electron chi connectivity index (χ4n) is 1.95. The molecule has 106 valence electrons. The Morgan fingerprint density at radius 3 is 2.53 bits per heavy atom. The van der Waals surface area contributed by atoms with Crippen LogP contribution in [0.25, 0.3) is 0 Å². The summed E-state index contributed by atoms with van der Waals surface area (Å²) in [4.78, 5) is 0. The number of ether oxygens (including phenoxy) is 1. The van der Waals surface area contributed by atoms with Gasteiger partial charge in [-0.3, -0.25) is 5.41 Å². The lowest BCUT2D eigenvalue weighted by molar-refractivity contribution is 0.305. The zero-order chi connectivity index (χ0) is 14.5. The first kappa shape index (κ1) is 15.5. The van der Waals surface area contributed by atoms with Crippen LogP contribution < -0.4 is 10.5 Å². The first-order valence-electron chi connectivity index (χ1n) is 6.93. The molecule has 0 saturated heterocycles. The Balaban J connectivity index is 2.79. The highest BCUT2D eigenvalue weighted by atomic mass is 16.5. The van der Waals surface area contributed by atoms with Crippen molar-refractivity contribution in [2.75, 3.05) is 6.61 Å². The predicted octanol–water partition coefficient (Wildman–Crippen LogP) is 3.64. The van der Waals surface area contributed by atoms with Gasteiger partial charge in [0.05, 0.1) is 12.4 Å². The molecule has 0 aliphatic carbocycles. The van der Waals surface area contributed by atoms with Crippen LogP contribution in [-0.4, -0.2) is 12.4 Å². The molecule has 0 heterocycles.